The van der Waals surface area contributed by atoms with E-state index in [1.54, 1.807) is 32.1 Å². The van der Waals surface area contributed by atoms with Crippen LogP contribution in [0, 0.1) is 29.3 Å². The van der Waals surface area contributed by atoms with Crippen molar-refractivity contribution < 1.29 is 9.53 Å². The van der Waals surface area contributed by atoms with Crippen LogP contribution in [0.2, 0.25) is 0 Å². The molecule has 33 heavy (non-hydrogen) atoms. The Morgan fingerprint density at radius 3 is 2.52 bits per heavy atom. The summed E-state index contributed by atoms with van der Waals surface area (Å²) in [5, 5.41) is 0. The molecule has 5 nitrogen and oxygen atoms in total. The van der Waals surface area contributed by atoms with Gasteiger partial charge in [-0.15, -0.1) is 0 Å². The molecule has 1 heterocycles. The Labute approximate surface area is 212 Å². The SMILES string of the molecule is CC#CC(=O)N(C1=N/C(=C/C)C(=NC)C=C1)c1cc(C)c(I)cc1C.CC/C=C(/C)COC. The van der Waals surface area contributed by atoms with Crippen LogP contribution in [0.3, 0.4) is 0 Å². The van der Waals surface area contributed by atoms with Crippen LogP contribution >= 0.6 is 22.6 Å². The highest BCUT2D eigenvalue weighted by Gasteiger charge is 2.24. The van der Waals surface area contributed by atoms with Crippen molar-refractivity contribution >= 4 is 45.7 Å². The number of hydrogen-bond donors (Lipinski definition) is 0. The fraction of sp³-hybridized carbons (Fsp3) is 0.370. The fourth-order valence-corrected chi connectivity index (χ4v) is 3.75. The predicted octanol–water partition coefficient (Wildman–Crippen LogP) is 6.20. The Kier molecular flexibility index (Phi) is 12.6. The number of aliphatic imine (C=N–C) groups is 2. The Balaban J connectivity index is 0.000000582. The van der Waals surface area contributed by atoms with E-state index in [2.05, 4.69) is 70.4 Å². The van der Waals surface area contributed by atoms with Crippen molar-refractivity contribution in [1.82, 2.24) is 0 Å². The molecule has 176 valence electrons. The van der Waals surface area contributed by atoms with Crippen molar-refractivity contribution in [3.8, 4) is 11.8 Å². The number of allylic oxidation sites excluding steroid dienone is 3. The molecule has 1 aliphatic rings. The van der Waals surface area contributed by atoms with Gasteiger partial charge in [-0.25, -0.2) is 4.99 Å². The number of benzene rings is 1. The van der Waals surface area contributed by atoms with Crippen LogP contribution in [-0.4, -0.2) is 38.2 Å². The summed E-state index contributed by atoms with van der Waals surface area (Å²) in [6.45, 7) is 12.5. The monoisotopic (exact) mass is 559 g/mol. The quantitative estimate of drug-likeness (QED) is 0.251. The molecule has 2 rings (SSSR count). The summed E-state index contributed by atoms with van der Waals surface area (Å²) < 4.78 is 6.04. The minimum Gasteiger partial charge on any atom is -0.380 e. The Morgan fingerprint density at radius 1 is 1.27 bits per heavy atom. The second kappa shape index (κ2) is 14.6. The normalized spacial score (nSPS) is 15.4. The average Bonchev–Trinajstić information content (AvgIpc) is 2.78. The smallest absolute Gasteiger partial charge is 0.308 e. The van der Waals surface area contributed by atoms with Crippen LogP contribution in [0.25, 0.3) is 0 Å². The lowest BCUT2D eigenvalue weighted by molar-refractivity contribution is -0.112. The molecule has 0 atom stereocenters. The van der Waals surface area contributed by atoms with Gasteiger partial charge in [0, 0.05) is 17.7 Å². The molecule has 0 radical (unpaired) electrons. The van der Waals surface area contributed by atoms with Gasteiger partial charge in [0.1, 0.15) is 5.84 Å². The lowest BCUT2D eigenvalue weighted by atomic mass is 10.1. The highest BCUT2D eigenvalue weighted by Crippen LogP contribution is 2.27. The van der Waals surface area contributed by atoms with Gasteiger partial charge < -0.3 is 4.74 Å². The zero-order valence-corrected chi connectivity index (χ0v) is 23.1. The lowest BCUT2D eigenvalue weighted by Gasteiger charge is -2.25. The van der Waals surface area contributed by atoms with Gasteiger partial charge in [0.15, 0.2) is 0 Å². The number of ether oxygens (including phenoxy) is 1. The van der Waals surface area contributed by atoms with Crippen molar-refractivity contribution in [2.45, 2.75) is 48.0 Å². The minimum absolute atomic E-state index is 0.304. The molecule has 0 N–H and O–H groups in total. The molecule has 0 unspecified atom stereocenters. The van der Waals surface area contributed by atoms with E-state index in [0.29, 0.717) is 5.84 Å². The summed E-state index contributed by atoms with van der Waals surface area (Å²) in [6.07, 6.45) is 8.83. The maximum absolute atomic E-state index is 12.7. The number of hydrogen-bond acceptors (Lipinski definition) is 4. The summed E-state index contributed by atoms with van der Waals surface area (Å²) in [6, 6.07) is 4.06. The topological polar surface area (TPSA) is 54.3 Å². The Hall–Kier alpha value is -2.50. The van der Waals surface area contributed by atoms with Crippen LogP contribution in [0.15, 0.2) is 57.7 Å². The van der Waals surface area contributed by atoms with Gasteiger partial charge in [-0.05, 0) is 105 Å². The van der Waals surface area contributed by atoms with Gasteiger partial charge in [0.05, 0.1) is 23.7 Å². The third-order valence-corrected chi connectivity index (χ3v) is 5.87. The molecule has 0 spiro atoms. The molecule has 1 amide bonds. The standard InChI is InChI=1S/C20H20IN3O.C7H14O/c1-6-8-20(25)24(18-12-13(3)15(21)11-14(18)4)19-10-9-17(22-5)16(7-2)23-19;1-4-5-7(2)6-8-3/h7,9-12H,1-5H3;5H,4,6H2,1-3H3/b16-7+,22-17?;7-5-. The molecule has 0 saturated carbocycles. The number of rotatable bonds is 4. The van der Waals surface area contributed by atoms with Crippen molar-refractivity contribution in [3.05, 3.63) is 62.4 Å². The van der Waals surface area contributed by atoms with Gasteiger partial charge in [-0.2, -0.15) is 0 Å². The third kappa shape index (κ3) is 8.41. The summed E-state index contributed by atoms with van der Waals surface area (Å²) in [5.41, 5.74) is 5.73. The minimum atomic E-state index is -0.304. The second-order valence-electron chi connectivity index (χ2n) is 7.38. The molecule has 0 saturated heterocycles. The largest absolute Gasteiger partial charge is 0.380 e. The molecule has 0 aromatic heterocycles. The lowest BCUT2D eigenvalue weighted by Crippen LogP contribution is -2.37. The highest BCUT2D eigenvalue weighted by molar-refractivity contribution is 14.1. The molecule has 1 aliphatic heterocycles. The number of carbonyl (C=O) groups excluding carboxylic acids is 1. The van der Waals surface area contributed by atoms with Gasteiger partial charge in [0.25, 0.3) is 0 Å². The fourth-order valence-electron chi connectivity index (χ4n) is 3.12. The van der Waals surface area contributed by atoms with Crippen molar-refractivity contribution in [3.63, 3.8) is 0 Å². The van der Waals surface area contributed by atoms with Crippen LogP contribution in [0.1, 0.15) is 45.2 Å². The van der Waals surface area contributed by atoms with E-state index in [1.165, 1.54) is 5.57 Å². The molecular weight excluding hydrogens is 525 g/mol. The molecule has 0 bridgehead atoms. The molecule has 0 fully saturated rings. The van der Waals surface area contributed by atoms with Crippen molar-refractivity contribution in [1.29, 1.82) is 0 Å². The van der Waals surface area contributed by atoms with Crippen LogP contribution in [0.4, 0.5) is 5.69 Å². The van der Waals surface area contributed by atoms with E-state index < -0.39 is 0 Å². The number of aryl methyl sites for hydroxylation is 2. The Bertz CT molecular complexity index is 1070. The van der Waals surface area contributed by atoms with E-state index in [1.807, 2.05) is 39.0 Å². The molecule has 1 aromatic carbocycles. The van der Waals surface area contributed by atoms with E-state index in [9.17, 15) is 4.79 Å². The van der Waals surface area contributed by atoms with Gasteiger partial charge in [0.2, 0.25) is 0 Å². The summed E-state index contributed by atoms with van der Waals surface area (Å²) in [4.78, 5) is 23.1. The van der Waals surface area contributed by atoms with E-state index in [4.69, 9.17) is 4.74 Å². The van der Waals surface area contributed by atoms with E-state index >= 15 is 0 Å². The van der Waals surface area contributed by atoms with Crippen LogP contribution < -0.4 is 4.90 Å². The summed E-state index contributed by atoms with van der Waals surface area (Å²) in [5.74, 6) is 5.55. The number of carbonyl (C=O) groups is 1. The van der Waals surface area contributed by atoms with Gasteiger partial charge >= 0.3 is 5.91 Å². The number of halogens is 1. The maximum Gasteiger partial charge on any atom is 0.308 e. The number of dihydropyridines is 1. The Morgan fingerprint density at radius 2 is 1.97 bits per heavy atom. The average molecular weight is 559 g/mol. The summed E-state index contributed by atoms with van der Waals surface area (Å²) in [7, 11) is 3.44. The number of amides is 1. The third-order valence-electron chi connectivity index (χ3n) is 4.71. The van der Waals surface area contributed by atoms with Crippen molar-refractivity contribution in [2.24, 2.45) is 9.98 Å². The molecule has 0 aliphatic carbocycles. The first-order chi connectivity index (χ1) is 15.7. The number of nitrogens with zero attached hydrogens (tertiary/aromatic N) is 3. The van der Waals surface area contributed by atoms with Gasteiger partial charge in [-0.3, -0.25) is 14.7 Å². The number of anilines is 1. The number of methoxy groups -OCH3 is 1. The summed E-state index contributed by atoms with van der Waals surface area (Å²) >= 11 is 2.29. The van der Waals surface area contributed by atoms with Gasteiger partial charge in [-0.1, -0.05) is 30.6 Å². The highest BCUT2D eigenvalue weighted by atomic mass is 127. The van der Waals surface area contributed by atoms with Crippen LogP contribution in [0.5, 0.6) is 0 Å². The molecular formula is C27H34IN3O2. The molecule has 6 heteroatoms. The zero-order chi connectivity index (χ0) is 25.0. The van der Waals surface area contributed by atoms with Crippen molar-refractivity contribution in [2.75, 3.05) is 25.7 Å². The van der Waals surface area contributed by atoms with Crippen LogP contribution in [-0.2, 0) is 9.53 Å². The molecule has 1 aromatic rings. The first-order valence-corrected chi connectivity index (χ1v) is 11.9. The zero-order valence-electron chi connectivity index (χ0n) is 20.9. The maximum atomic E-state index is 12.7. The second-order valence-corrected chi connectivity index (χ2v) is 8.54. The van der Waals surface area contributed by atoms with E-state index in [0.717, 1.165) is 44.8 Å². The first-order valence-electron chi connectivity index (χ1n) is 10.8. The number of amidine groups is 1. The first kappa shape index (κ1) is 28.5. The predicted molar refractivity (Wildman–Crippen MR) is 149 cm³/mol. The van der Waals surface area contributed by atoms with E-state index in [-0.39, 0.29) is 5.91 Å².